The minimum atomic E-state index is -0.512. The van der Waals surface area contributed by atoms with Crippen LogP contribution in [0.2, 0.25) is 0 Å². The largest absolute Gasteiger partial charge is 0.493 e. The summed E-state index contributed by atoms with van der Waals surface area (Å²) in [5.41, 5.74) is 7.76. The van der Waals surface area contributed by atoms with Gasteiger partial charge in [0.25, 0.3) is 5.91 Å². The van der Waals surface area contributed by atoms with Gasteiger partial charge in [-0.2, -0.15) is 0 Å². The molecule has 0 saturated carbocycles. The SMILES string of the molecule is COc1cc(C(=O)NCCc2ccc(N)cc2)cc(OC)c1OC(C)=O. The molecule has 0 heterocycles. The molecule has 3 N–H and O–H groups in total. The van der Waals surface area contributed by atoms with Crippen molar-refractivity contribution >= 4 is 17.6 Å². The first-order valence-corrected chi connectivity index (χ1v) is 8.01. The van der Waals surface area contributed by atoms with Gasteiger partial charge in [-0.3, -0.25) is 9.59 Å². The van der Waals surface area contributed by atoms with Crippen LogP contribution in [0.3, 0.4) is 0 Å². The van der Waals surface area contributed by atoms with Crippen LogP contribution in [0.4, 0.5) is 5.69 Å². The van der Waals surface area contributed by atoms with Crippen LogP contribution in [0.1, 0.15) is 22.8 Å². The van der Waals surface area contributed by atoms with Crippen LogP contribution in [0.5, 0.6) is 17.2 Å². The lowest BCUT2D eigenvalue weighted by Gasteiger charge is -2.14. The maximum atomic E-state index is 12.4. The molecular weight excluding hydrogens is 336 g/mol. The number of nitrogens with two attached hydrogens (primary N) is 1. The van der Waals surface area contributed by atoms with E-state index in [1.54, 1.807) is 0 Å². The summed E-state index contributed by atoms with van der Waals surface area (Å²) in [5.74, 6) is -0.180. The number of anilines is 1. The van der Waals surface area contributed by atoms with Crippen molar-refractivity contribution in [2.24, 2.45) is 0 Å². The average molecular weight is 358 g/mol. The number of nitrogens with one attached hydrogen (secondary N) is 1. The minimum absolute atomic E-state index is 0.140. The molecular formula is C19H22N2O5. The molecule has 7 nitrogen and oxygen atoms in total. The molecule has 0 unspecified atom stereocenters. The van der Waals surface area contributed by atoms with E-state index < -0.39 is 5.97 Å². The Morgan fingerprint density at radius 2 is 1.62 bits per heavy atom. The van der Waals surface area contributed by atoms with Crippen molar-refractivity contribution in [2.45, 2.75) is 13.3 Å². The second-order valence-corrected chi connectivity index (χ2v) is 5.55. The Morgan fingerprint density at radius 3 is 2.12 bits per heavy atom. The fraction of sp³-hybridized carbons (Fsp3) is 0.263. The third kappa shape index (κ3) is 4.89. The smallest absolute Gasteiger partial charge is 0.308 e. The quantitative estimate of drug-likeness (QED) is 0.447. The second-order valence-electron chi connectivity index (χ2n) is 5.55. The summed E-state index contributed by atoms with van der Waals surface area (Å²) < 4.78 is 15.5. The number of nitrogen functional groups attached to an aromatic ring is 1. The van der Waals surface area contributed by atoms with Gasteiger partial charge in [-0.25, -0.2) is 0 Å². The van der Waals surface area contributed by atoms with Gasteiger partial charge in [0.05, 0.1) is 14.2 Å². The lowest BCUT2D eigenvalue weighted by Crippen LogP contribution is -2.25. The van der Waals surface area contributed by atoms with Gasteiger partial charge in [0.2, 0.25) is 5.75 Å². The fourth-order valence-electron chi connectivity index (χ4n) is 2.36. The maximum absolute atomic E-state index is 12.4. The zero-order chi connectivity index (χ0) is 19.1. The monoisotopic (exact) mass is 358 g/mol. The summed E-state index contributed by atoms with van der Waals surface area (Å²) in [7, 11) is 2.84. The van der Waals surface area contributed by atoms with Crippen LogP contribution < -0.4 is 25.3 Å². The highest BCUT2D eigenvalue weighted by Gasteiger charge is 2.19. The molecule has 0 bridgehead atoms. The highest BCUT2D eigenvalue weighted by atomic mass is 16.6. The molecule has 0 aliphatic carbocycles. The highest BCUT2D eigenvalue weighted by molar-refractivity contribution is 5.95. The lowest BCUT2D eigenvalue weighted by atomic mass is 10.1. The second kappa shape index (κ2) is 8.75. The zero-order valence-electron chi connectivity index (χ0n) is 15.0. The van der Waals surface area contributed by atoms with E-state index in [-0.39, 0.29) is 23.2 Å². The number of methoxy groups -OCH3 is 2. The maximum Gasteiger partial charge on any atom is 0.308 e. The molecule has 0 saturated heterocycles. The number of ether oxygens (including phenoxy) is 3. The van der Waals surface area contributed by atoms with Gasteiger partial charge in [0.1, 0.15) is 0 Å². The highest BCUT2D eigenvalue weighted by Crippen LogP contribution is 2.38. The van der Waals surface area contributed by atoms with E-state index in [1.807, 2.05) is 24.3 Å². The summed E-state index contributed by atoms with van der Waals surface area (Å²) in [4.78, 5) is 23.7. The van der Waals surface area contributed by atoms with Crippen LogP contribution in [0, 0.1) is 0 Å². The predicted octanol–water partition coefficient (Wildman–Crippen LogP) is 2.18. The molecule has 0 aliphatic rings. The van der Waals surface area contributed by atoms with Gasteiger partial charge in [-0.05, 0) is 36.2 Å². The first kappa shape index (κ1) is 19.1. The fourth-order valence-corrected chi connectivity index (χ4v) is 2.36. The number of hydrogen-bond donors (Lipinski definition) is 2. The summed E-state index contributed by atoms with van der Waals surface area (Å²) in [6.07, 6.45) is 0.672. The molecule has 0 atom stereocenters. The van der Waals surface area contributed by atoms with Crippen molar-refractivity contribution in [3.63, 3.8) is 0 Å². The zero-order valence-corrected chi connectivity index (χ0v) is 15.0. The van der Waals surface area contributed by atoms with E-state index >= 15 is 0 Å². The first-order valence-electron chi connectivity index (χ1n) is 8.01. The number of rotatable bonds is 7. The van der Waals surface area contributed by atoms with Crippen LogP contribution in [0.15, 0.2) is 36.4 Å². The van der Waals surface area contributed by atoms with E-state index in [9.17, 15) is 9.59 Å². The Morgan fingerprint density at radius 1 is 1.04 bits per heavy atom. The Balaban J connectivity index is 2.10. The molecule has 0 fully saturated rings. The van der Waals surface area contributed by atoms with Crippen molar-refractivity contribution in [1.29, 1.82) is 0 Å². The van der Waals surface area contributed by atoms with Gasteiger partial charge < -0.3 is 25.3 Å². The molecule has 7 heteroatoms. The number of esters is 1. The summed E-state index contributed by atoms with van der Waals surface area (Å²) >= 11 is 0. The van der Waals surface area contributed by atoms with Gasteiger partial charge in [0, 0.05) is 24.7 Å². The van der Waals surface area contributed by atoms with E-state index in [4.69, 9.17) is 19.9 Å². The van der Waals surface area contributed by atoms with Crippen LogP contribution in [0.25, 0.3) is 0 Å². The number of hydrogen-bond acceptors (Lipinski definition) is 6. The minimum Gasteiger partial charge on any atom is -0.493 e. The Bertz CT molecular complexity index is 762. The van der Waals surface area contributed by atoms with Crippen molar-refractivity contribution < 1.29 is 23.8 Å². The summed E-state index contributed by atoms with van der Waals surface area (Å²) in [6.45, 7) is 1.73. The van der Waals surface area contributed by atoms with E-state index in [2.05, 4.69) is 5.32 Å². The number of carbonyl (C=O) groups excluding carboxylic acids is 2. The standard InChI is InChI=1S/C19H22N2O5/c1-12(22)26-18-16(24-2)10-14(11-17(18)25-3)19(23)21-9-8-13-4-6-15(20)7-5-13/h4-7,10-11H,8-9,20H2,1-3H3,(H,21,23). The van der Waals surface area contributed by atoms with Gasteiger partial charge in [-0.15, -0.1) is 0 Å². The molecule has 0 radical (unpaired) electrons. The Kier molecular flexibility index (Phi) is 6.43. The Labute approximate surface area is 152 Å². The van der Waals surface area contributed by atoms with Gasteiger partial charge >= 0.3 is 5.97 Å². The topological polar surface area (TPSA) is 99.9 Å². The Hall–Kier alpha value is -3.22. The van der Waals surface area contributed by atoms with Gasteiger partial charge in [-0.1, -0.05) is 12.1 Å². The van der Waals surface area contributed by atoms with Crippen LogP contribution in [-0.4, -0.2) is 32.6 Å². The number of benzene rings is 2. The molecule has 2 rings (SSSR count). The molecule has 138 valence electrons. The summed E-state index contributed by atoms with van der Waals surface area (Å²) in [6, 6.07) is 10.5. The lowest BCUT2D eigenvalue weighted by molar-refractivity contribution is -0.132. The predicted molar refractivity (Wildman–Crippen MR) is 97.7 cm³/mol. The molecule has 0 aliphatic heterocycles. The molecule has 26 heavy (non-hydrogen) atoms. The molecule has 1 amide bonds. The van der Waals surface area contributed by atoms with E-state index in [0.29, 0.717) is 24.2 Å². The first-order chi connectivity index (χ1) is 12.4. The van der Waals surface area contributed by atoms with Crippen LogP contribution >= 0.6 is 0 Å². The number of amides is 1. The van der Waals surface area contributed by atoms with Crippen molar-refractivity contribution in [3.05, 3.63) is 47.5 Å². The van der Waals surface area contributed by atoms with Crippen LogP contribution in [-0.2, 0) is 11.2 Å². The summed E-state index contributed by atoms with van der Waals surface area (Å²) in [5, 5.41) is 2.84. The molecule has 0 aromatic heterocycles. The normalized spacial score (nSPS) is 10.1. The molecule has 0 spiro atoms. The van der Waals surface area contributed by atoms with E-state index in [0.717, 1.165) is 5.56 Å². The van der Waals surface area contributed by atoms with Crippen molar-refractivity contribution in [2.75, 3.05) is 26.5 Å². The molecule has 2 aromatic carbocycles. The third-order valence-corrected chi connectivity index (χ3v) is 3.65. The van der Waals surface area contributed by atoms with Crippen molar-refractivity contribution in [3.8, 4) is 17.2 Å². The third-order valence-electron chi connectivity index (χ3n) is 3.65. The van der Waals surface area contributed by atoms with E-state index in [1.165, 1.54) is 33.3 Å². The van der Waals surface area contributed by atoms with Crippen molar-refractivity contribution in [1.82, 2.24) is 5.32 Å². The molecule has 2 aromatic rings. The number of carbonyl (C=O) groups is 2. The van der Waals surface area contributed by atoms with Gasteiger partial charge in [0.15, 0.2) is 11.5 Å². The average Bonchev–Trinajstić information content (AvgIpc) is 2.62.